The summed E-state index contributed by atoms with van der Waals surface area (Å²) in [7, 11) is 0. The number of aromatic amines is 1. The van der Waals surface area contributed by atoms with E-state index in [-0.39, 0.29) is 25.3 Å². The molecular weight excluding hydrogens is 494 g/mol. The SMILES string of the molecule is CC(O)C(NC(=O)C(Cc1cnc[nH]1)NC(=O)C(N)CCCN=C(N)N)C(=O)NC(CC(=O)O)C(=O)O. The number of carbonyl (C=O) groups is 5. The molecule has 5 atom stereocenters. The predicted molar refractivity (Wildman–Crippen MR) is 128 cm³/mol. The molecule has 3 amide bonds. The summed E-state index contributed by atoms with van der Waals surface area (Å²) in [4.78, 5) is 70.8. The highest BCUT2D eigenvalue weighted by molar-refractivity contribution is 5.95. The highest BCUT2D eigenvalue weighted by Gasteiger charge is 2.33. The molecule has 17 heteroatoms. The van der Waals surface area contributed by atoms with Gasteiger partial charge in [0.2, 0.25) is 17.7 Å². The van der Waals surface area contributed by atoms with Gasteiger partial charge in [0, 0.05) is 24.9 Å². The molecule has 0 spiro atoms. The molecular formula is C20H33N9O8. The number of aliphatic hydroxyl groups excluding tert-OH is 1. The molecule has 1 heterocycles. The molecule has 0 saturated carbocycles. The van der Waals surface area contributed by atoms with Crippen LogP contribution in [0.3, 0.4) is 0 Å². The lowest BCUT2D eigenvalue weighted by Crippen LogP contribution is -2.60. The maximum absolute atomic E-state index is 13.0. The second-order valence-corrected chi connectivity index (χ2v) is 8.12. The standard InChI is InChI=1S/C20H33N9O8/c1-9(30)15(18(35)28-13(19(36)37)6-14(31)32)29-17(34)12(5-10-7-24-8-26-10)27-16(33)11(21)3-2-4-25-20(22)23/h7-9,11-13,15,30H,2-6,21H2,1H3,(H,24,26)(H,27,33)(H,28,35)(H,29,34)(H,31,32)(H,36,37)(H4,22,23,25). The lowest BCUT2D eigenvalue weighted by Gasteiger charge is -2.26. The Morgan fingerprint density at radius 2 is 1.70 bits per heavy atom. The number of carboxylic acid groups (broad SMARTS) is 2. The lowest BCUT2D eigenvalue weighted by molar-refractivity contribution is -0.148. The van der Waals surface area contributed by atoms with Gasteiger partial charge in [-0.15, -0.1) is 0 Å². The normalized spacial score (nSPS) is 14.8. The summed E-state index contributed by atoms with van der Waals surface area (Å²) in [6, 6.07) is -5.77. The van der Waals surface area contributed by atoms with Gasteiger partial charge in [-0.25, -0.2) is 9.78 Å². The third-order valence-corrected chi connectivity index (χ3v) is 4.97. The zero-order chi connectivity index (χ0) is 28.1. The smallest absolute Gasteiger partial charge is 0.326 e. The second kappa shape index (κ2) is 15.0. The molecule has 0 aliphatic rings. The van der Waals surface area contributed by atoms with Crippen molar-refractivity contribution in [2.45, 2.75) is 62.9 Å². The monoisotopic (exact) mass is 527 g/mol. The first-order valence-electron chi connectivity index (χ1n) is 11.1. The molecule has 0 radical (unpaired) electrons. The zero-order valence-corrected chi connectivity index (χ0v) is 20.1. The van der Waals surface area contributed by atoms with Crippen molar-refractivity contribution in [3.63, 3.8) is 0 Å². The van der Waals surface area contributed by atoms with Crippen LogP contribution in [0.1, 0.15) is 31.9 Å². The molecule has 1 aromatic rings. The molecule has 5 unspecified atom stereocenters. The van der Waals surface area contributed by atoms with Gasteiger partial charge in [0.1, 0.15) is 18.1 Å². The number of guanidine groups is 1. The van der Waals surface area contributed by atoms with E-state index in [0.29, 0.717) is 12.1 Å². The first-order valence-corrected chi connectivity index (χ1v) is 11.1. The summed E-state index contributed by atoms with van der Waals surface area (Å²) in [6.45, 7) is 1.40. The number of H-pyrrole nitrogens is 1. The van der Waals surface area contributed by atoms with Gasteiger partial charge in [-0.2, -0.15) is 0 Å². The first kappa shape index (κ1) is 30.8. The molecule has 1 rings (SSSR count). The van der Waals surface area contributed by atoms with Crippen LogP contribution in [-0.4, -0.2) is 97.7 Å². The van der Waals surface area contributed by atoms with E-state index in [2.05, 4.69) is 25.6 Å². The van der Waals surface area contributed by atoms with Gasteiger partial charge in [0.25, 0.3) is 0 Å². The number of rotatable bonds is 16. The van der Waals surface area contributed by atoms with Gasteiger partial charge in [0.15, 0.2) is 5.96 Å². The van der Waals surface area contributed by atoms with Crippen molar-refractivity contribution in [1.82, 2.24) is 25.9 Å². The number of nitrogens with one attached hydrogen (secondary N) is 4. The quantitative estimate of drug-likeness (QED) is 0.0555. The Hall–Kier alpha value is -4.25. The van der Waals surface area contributed by atoms with Gasteiger partial charge >= 0.3 is 11.9 Å². The van der Waals surface area contributed by atoms with Gasteiger partial charge in [-0.1, -0.05) is 0 Å². The number of hydrogen-bond acceptors (Lipinski definition) is 9. The van der Waals surface area contributed by atoms with Crippen LogP contribution in [0.15, 0.2) is 17.5 Å². The number of imidazole rings is 1. The van der Waals surface area contributed by atoms with Gasteiger partial charge in [-0.05, 0) is 19.8 Å². The summed E-state index contributed by atoms with van der Waals surface area (Å²) >= 11 is 0. The van der Waals surface area contributed by atoms with Crippen LogP contribution in [0, 0.1) is 0 Å². The number of aliphatic carboxylic acids is 2. The van der Waals surface area contributed by atoms with Crippen molar-refractivity contribution in [3.05, 3.63) is 18.2 Å². The number of aliphatic hydroxyl groups is 1. The Kier molecular flexibility index (Phi) is 12.5. The van der Waals surface area contributed by atoms with Crippen LogP contribution in [0.2, 0.25) is 0 Å². The number of aromatic nitrogens is 2. The zero-order valence-electron chi connectivity index (χ0n) is 20.1. The van der Waals surface area contributed by atoms with Crippen LogP contribution in [0.5, 0.6) is 0 Å². The topological polar surface area (TPSA) is 301 Å². The molecule has 0 fully saturated rings. The van der Waals surface area contributed by atoms with Crippen LogP contribution in [0.25, 0.3) is 0 Å². The van der Waals surface area contributed by atoms with Crippen molar-refractivity contribution in [3.8, 4) is 0 Å². The molecule has 37 heavy (non-hydrogen) atoms. The van der Waals surface area contributed by atoms with E-state index in [1.54, 1.807) is 0 Å². The van der Waals surface area contributed by atoms with E-state index in [0.717, 1.165) is 6.92 Å². The molecule has 0 aliphatic heterocycles. The fraction of sp³-hybridized carbons (Fsp3) is 0.550. The van der Waals surface area contributed by atoms with E-state index in [1.807, 2.05) is 5.32 Å². The van der Waals surface area contributed by atoms with Gasteiger partial charge < -0.3 is 53.5 Å². The van der Waals surface area contributed by atoms with Crippen LogP contribution in [0.4, 0.5) is 0 Å². The van der Waals surface area contributed by atoms with Crippen molar-refractivity contribution in [1.29, 1.82) is 0 Å². The predicted octanol–water partition coefficient (Wildman–Crippen LogP) is -4.27. The van der Waals surface area contributed by atoms with Crippen LogP contribution < -0.4 is 33.2 Å². The van der Waals surface area contributed by atoms with Gasteiger partial charge in [0.05, 0.1) is 24.9 Å². The maximum atomic E-state index is 13.0. The molecule has 0 aliphatic carbocycles. The number of hydrogen-bond donors (Lipinski definition) is 10. The van der Waals surface area contributed by atoms with Crippen molar-refractivity contribution < 1.29 is 39.3 Å². The van der Waals surface area contributed by atoms with Crippen molar-refractivity contribution in [2.24, 2.45) is 22.2 Å². The highest BCUT2D eigenvalue weighted by atomic mass is 16.4. The fourth-order valence-corrected chi connectivity index (χ4v) is 3.05. The summed E-state index contributed by atoms with van der Waals surface area (Å²) in [6.07, 6.45) is 0.801. The minimum absolute atomic E-state index is 0.0940. The Morgan fingerprint density at radius 3 is 2.22 bits per heavy atom. The van der Waals surface area contributed by atoms with Crippen LogP contribution in [-0.2, 0) is 30.4 Å². The Morgan fingerprint density at radius 1 is 1.05 bits per heavy atom. The number of nitrogens with zero attached hydrogens (tertiary/aromatic N) is 2. The third-order valence-electron chi connectivity index (χ3n) is 4.97. The Labute approximate surface area is 211 Å². The third kappa shape index (κ3) is 11.4. The molecule has 0 aromatic carbocycles. The average molecular weight is 528 g/mol. The lowest BCUT2D eigenvalue weighted by atomic mass is 10.1. The average Bonchev–Trinajstić information content (AvgIpc) is 3.31. The highest BCUT2D eigenvalue weighted by Crippen LogP contribution is 2.04. The van der Waals surface area contributed by atoms with Crippen molar-refractivity contribution >= 4 is 35.6 Å². The van der Waals surface area contributed by atoms with Crippen LogP contribution >= 0.6 is 0 Å². The minimum Gasteiger partial charge on any atom is -0.481 e. The van der Waals surface area contributed by atoms with Crippen molar-refractivity contribution in [2.75, 3.05) is 6.54 Å². The second-order valence-electron chi connectivity index (χ2n) is 8.12. The number of amides is 3. The first-order chi connectivity index (χ1) is 17.3. The van der Waals surface area contributed by atoms with Gasteiger partial charge in [-0.3, -0.25) is 24.2 Å². The number of nitrogens with two attached hydrogens (primary N) is 3. The molecule has 0 bridgehead atoms. The Bertz CT molecular complexity index is 963. The summed E-state index contributed by atoms with van der Waals surface area (Å²) in [5.41, 5.74) is 16.8. The van der Waals surface area contributed by atoms with E-state index in [9.17, 15) is 29.1 Å². The van der Waals surface area contributed by atoms with E-state index in [4.69, 9.17) is 27.4 Å². The summed E-state index contributed by atoms with van der Waals surface area (Å²) in [5, 5.41) is 34.7. The fourth-order valence-electron chi connectivity index (χ4n) is 3.05. The Balaban J connectivity index is 2.96. The largest absolute Gasteiger partial charge is 0.481 e. The molecule has 13 N–H and O–H groups in total. The molecule has 206 valence electrons. The van der Waals surface area contributed by atoms with E-state index >= 15 is 0 Å². The number of aliphatic imine (C=N–C) groups is 1. The molecule has 0 saturated heterocycles. The summed E-state index contributed by atoms with van der Waals surface area (Å²) < 4.78 is 0. The summed E-state index contributed by atoms with van der Waals surface area (Å²) in [5.74, 6) is -5.94. The number of carbonyl (C=O) groups excluding carboxylic acids is 3. The van der Waals surface area contributed by atoms with E-state index < -0.39 is 66.4 Å². The molecule has 17 nitrogen and oxygen atoms in total. The van der Waals surface area contributed by atoms with E-state index in [1.165, 1.54) is 12.5 Å². The maximum Gasteiger partial charge on any atom is 0.326 e. The molecule has 1 aromatic heterocycles. The minimum atomic E-state index is -1.81. The number of carboxylic acids is 2.